The van der Waals surface area contributed by atoms with Crippen LogP contribution in [0.4, 0.5) is 0 Å². The number of fused-ring (bicyclic) bond motifs is 1. The Morgan fingerprint density at radius 1 is 1.05 bits per heavy atom. The molecule has 2 heterocycles. The molecular weight excluding hydrogens is 290 g/mol. The zero-order valence-corrected chi connectivity index (χ0v) is 13.3. The first-order chi connectivity index (χ1) is 10.9. The topological polar surface area (TPSA) is 22.1 Å². The van der Waals surface area contributed by atoms with Crippen molar-refractivity contribution in [3.05, 3.63) is 48.1 Å². The molecule has 0 bridgehead atoms. The molecule has 3 aromatic rings. The lowest BCUT2D eigenvalue weighted by Gasteiger charge is -2.24. The van der Waals surface area contributed by atoms with Crippen LogP contribution in [0.2, 0.25) is 0 Å². The number of hydrogen-bond acceptors (Lipinski definition) is 3. The van der Waals surface area contributed by atoms with Gasteiger partial charge < -0.3 is 4.74 Å². The molecule has 22 heavy (non-hydrogen) atoms. The third-order valence-electron chi connectivity index (χ3n) is 4.37. The number of ether oxygens (including phenoxy) is 1. The Labute approximate surface area is 134 Å². The van der Waals surface area contributed by atoms with Gasteiger partial charge in [0.25, 0.3) is 0 Å². The van der Waals surface area contributed by atoms with Crippen molar-refractivity contribution < 1.29 is 4.74 Å². The predicted molar refractivity (Wildman–Crippen MR) is 92.6 cm³/mol. The minimum atomic E-state index is 0.367. The molecule has 1 fully saturated rings. The van der Waals surface area contributed by atoms with Gasteiger partial charge in [-0.05, 0) is 60.7 Å². The largest absolute Gasteiger partial charge is 0.490 e. The quantitative estimate of drug-likeness (QED) is 0.621. The predicted octanol–water partition coefficient (Wildman–Crippen LogP) is 5.67. The standard InChI is InChI=1S/C19H19NOS/c1-2-5-16(6-3-1)21-18-12-14-8-9-20-13-15(14)11-17(18)19-7-4-10-22-19/h4,7-13,16H,1-3,5-6H2. The summed E-state index contributed by atoms with van der Waals surface area (Å²) in [5.74, 6) is 1.02. The van der Waals surface area contributed by atoms with Crippen molar-refractivity contribution in [3.8, 4) is 16.2 Å². The summed E-state index contributed by atoms with van der Waals surface area (Å²) in [7, 11) is 0. The van der Waals surface area contributed by atoms with E-state index in [1.165, 1.54) is 53.3 Å². The lowest BCUT2D eigenvalue weighted by atomic mass is 9.97. The van der Waals surface area contributed by atoms with Crippen LogP contribution in [0.25, 0.3) is 21.2 Å². The monoisotopic (exact) mass is 309 g/mol. The summed E-state index contributed by atoms with van der Waals surface area (Å²) < 4.78 is 6.40. The van der Waals surface area contributed by atoms with Gasteiger partial charge in [-0.15, -0.1) is 11.3 Å². The molecule has 0 aliphatic heterocycles. The fraction of sp³-hybridized carbons (Fsp3) is 0.316. The maximum absolute atomic E-state index is 6.40. The van der Waals surface area contributed by atoms with Gasteiger partial charge in [-0.25, -0.2) is 0 Å². The molecule has 1 aliphatic carbocycles. The van der Waals surface area contributed by atoms with Crippen LogP contribution in [0.1, 0.15) is 32.1 Å². The van der Waals surface area contributed by atoms with Crippen LogP contribution in [-0.4, -0.2) is 11.1 Å². The van der Waals surface area contributed by atoms with Crippen LogP contribution in [0.15, 0.2) is 48.1 Å². The number of hydrogen-bond donors (Lipinski definition) is 0. The smallest absolute Gasteiger partial charge is 0.129 e. The normalized spacial score (nSPS) is 16.0. The highest BCUT2D eigenvalue weighted by Crippen LogP contribution is 2.38. The van der Waals surface area contributed by atoms with Crippen molar-refractivity contribution in [2.24, 2.45) is 0 Å². The van der Waals surface area contributed by atoms with Gasteiger partial charge in [0.2, 0.25) is 0 Å². The van der Waals surface area contributed by atoms with Crippen LogP contribution in [-0.2, 0) is 0 Å². The summed E-state index contributed by atoms with van der Waals surface area (Å²) in [6.07, 6.45) is 10.4. The first-order valence-electron chi connectivity index (χ1n) is 7.98. The van der Waals surface area contributed by atoms with E-state index >= 15 is 0 Å². The molecule has 0 N–H and O–H groups in total. The van der Waals surface area contributed by atoms with E-state index in [0.717, 1.165) is 5.75 Å². The molecule has 1 saturated carbocycles. The van der Waals surface area contributed by atoms with Crippen LogP contribution in [0, 0.1) is 0 Å². The van der Waals surface area contributed by atoms with E-state index in [2.05, 4.69) is 40.7 Å². The molecule has 0 radical (unpaired) electrons. The fourth-order valence-corrected chi connectivity index (χ4v) is 3.95. The number of aromatic nitrogens is 1. The molecule has 0 spiro atoms. The first kappa shape index (κ1) is 13.8. The highest BCUT2D eigenvalue weighted by atomic mass is 32.1. The zero-order valence-electron chi connectivity index (χ0n) is 12.5. The third-order valence-corrected chi connectivity index (χ3v) is 5.27. The SMILES string of the molecule is c1csc(-c2cc3cnccc3cc2OC2CCCCC2)c1. The molecule has 1 aliphatic rings. The maximum atomic E-state index is 6.40. The lowest BCUT2D eigenvalue weighted by Crippen LogP contribution is -2.19. The van der Waals surface area contributed by atoms with Gasteiger partial charge in [0.05, 0.1) is 6.10 Å². The van der Waals surface area contributed by atoms with E-state index in [9.17, 15) is 0 Å². The summed E-state index contributed by atoms with van der Waals surface area (Å²) in [5, 5.41) is 4.48. The molecule has 0 amide bonds. The van der Waals surface area contributed by atoms with Crippen molar-refractivity contribution in [2.45, 2.75) is 38.2 Å². The average molecular weight is 309 g/mol. The Bertz CT molecular complexity index is 760. The van der Waals surface area contributed by atoms with Crippen LogP contribution in [0.5, 0.6) is 5.75 Å². The summed E-state index contributed by atoms with van der Waals surface area (Å²) >= 11 is 1.76. The molecule has 0 unspecified atom stereocenters. The van der Waals surface area contributed by atoms with Gasteiger partial charge >= 0.3 is 0 Å². The summed E-state index contributed by atoms with van der Waals surface area (Å²) in [5.41, 5.74) is 1.20. The van der Waals surface area contributed by atoms with Gasteiger partial charge in [-0.2, -0.15) is 0 Å². The molecule has 112 valence electrons. The second-order valence-electron chi connectivity index (χ2n) is 5.93. The van der Waals surface area contributed by atoms with E-state index in [4.69, 9.17) is 4.74 Å². The van der Waals surface area contributed by atoms with Crippen molar-refractivity contribution in [1.82, 2.24) is 4.98 Å². The van der Waals surface area contributed by atoms with E-state index in [1.807, 2.05) is 12.4 Å². The number of thiophene rings is 1. The number of rotatable bonds is 3. The minimum Gasteiger partial charge on any atom is -0.490 e. The first-order valence-corrected chi connectivity index (χ1v) is 8.86. The summed E-state index contributed by atoms with van der Waals surface area (Å²) in [6, 6.07) is 10.7. The Kier molecular flexibility index (Phi) is 3.81. The van der Waals surface area contributed by atoms with Crippen LogP contribution in [0.3, 0.4) is 0 Å². The Hall–Kier alpha value is -1.87. The second-order valence-corrected chi connectivity index (χ2v) is 6.87. The van der Waals surface area contributed by atoms with Crippen molar-refractivity contribution in [3.63, 3.8) is 0 Å². The zero-order chi connectivity index (χ0) is 14.8. The van der Waals surface area contributed by atoms with Crippen LogP contribution < -0.4 is 4.74 Å². The summed E-state index contributed by atoms with van der Waals surface area (Å²) in [4.78, 5) is 5.50. The van der Waals surface area contributed by atoms with Crippen molar-refractivity contribution in [2.75, 3.05) is 0 Å². The molecule has 4 rings (SSSR count). The fourth-order valence-electron chi connectivity index (χ4n) is 3.20. The summed E-state index contributed by atoms with van der Waals surface area (Å²) in [6.45, 7) is 0. The van der Waals surface area contributed by atoms with Gasteiger partial charge in [0.1, 0.15) is 5.75 Å². The highest BCUT2D eigenvalue weighted by molar-refractivity contribution is 7.13. The molecule has 2 aromatic heterocycles. The highest BCUT2D eigenvalue weighted by Gasteiger charge is 2.18. The molecule has 1 aromatic carbocycles. The molecule has 2 nitrogen and oxygen atoms in total. The van der Waals surface area contributed by atoms with Gasteiger partial charge in [-0.1, -0.05) is 12.5 Å². The van der Waals surface area contributed by atoms with Crippen LogP contribution >= 0.6 is 11.3 Å². The van der Waals surface area contributed by atoms with E-state index in [-0.39, 0.29) is 0 Å². The van der Waals surface area contributed by atoms with Gasteiger partial charge in [-0.3, -0.25) is 4.98 Å². The molecule has 0 saturated heterocycles. The van der Waals surface area contributed by atoms with Gasteiger partial charge in [0.15, 0.2) is 0 Å². The average Bonchev–Trinajstić information content (AvgIpc) is 3.09. The second kappa shape index (κ2) is 6.09. The Morgan fingerprint density at radius 2 is 1.95 bits per heavy atom. The molecule has 0 atom stereocenters. The Morgan fingerprint density at radius 3 is 2.77 bits per heavy atom. The Balaban J connectivity index is 1.78. The van der Waals surface area contributed by atoms with E-state index in [0.29, 0.717) is 6.10 Å². The molecular formula is C19H19NOS. The molecule has 3 heteroatoms. The lowest BCUT2D eigenvalue weighted by molar-refractivity contribution is 0.156. The van der Waals surface area contributed by atoms with E-state index < -0.39 is 0 Å². The number of nitrogens with zero attached hydrogens (tertiary/aromatic N) is 1. The minimum absolute atomic E-state index is 0.367. The number of pyridine rings is 1. The van der Waals surface area contributed by atoms with Crippen molar-refractivity contribution >= 4 is 22.1 Å². The number of benzene rings is 1. The maximum Gasteiger partial charge on any atom is 0.129 e. The third kappa shape index (κ3) is 2.73. The van der Waals surface area contributed by atoms with Crippen molar-refractivity contribution in [1.29, 1.82) is 0 Å². The van der Waals surface area contributed by atoms with E-state index in [1.54, 1.807) is 11.3 Å². The van der Waals surface area contributed by atoms with Gasteiger partial charge in [0, 0.05) is 28.2 Å².